The predicted octanol–water partition coefficient (Wildman–Crippen LogP) is 14.1. The van der Waals surface area contributed by atoms with E-state index in [-0.39, 0.29) is 0 Å². The van der Waals surface area contributed by atoms with Crippen LogP contribution >= 0.6 is 0 Å². The summed E-state index contributed by atoms with van der Waals surface area (Å²) in [6.45, 7) is 0. The summed E-state index contributed by atoms with van der Waals surface area (Å²) in [5.74, 6) is 0. The molecule has 9 aromatic rings. The summed E-state index contributed by atoms with van der Waals surface area (Å²) in [5.41, 5.74) is 9.85. The zero-order valence-electron chi connectivity index (χ0n) is 27.6. The van der Waals surface area contributed by atoms with Crippen LogP contribution in [-0.2, 0) is 0 Å². The molecule has 0 spiro atoms. The Morgan fingerprint density at radius 2 is 0.620 bits per heavy atom. The molecule has 0 saturated carbocycles. The molecule has 0 fully saturated rings. The van der Waals surface area contributed by atoms with E-state index in [1.165, 1.54) is 87.6 Å². The van der Waals surface area contributed by atoms with Crippen molar-refractivity contribution in [3.8, 4) is 44.5 Å². The smallest absolute Gasteiger partial charge is 0.00201 e. The third kappa shape index (κ3) is 5.28. The minimum absolute atomic E-state index is 1.21. The average molecular weight is 635 g/mol. The second-order valence-electron chi connectivity index (χ2n) is 12.8. The fraction of sp³-hybridized carbons (Fsp3) is 0. The van der Waals surface area contributed by atoms with Crippen LogP contribution in [-0.4, -0.2) is 0 Å². The lowest BCUT2D eigenvalue weighted by atomic mass is 9.83. The Morgan fingerprint density at radius 3 is 1.22 bits per heavy atom. The lowest BCUT2D eigenvalue weighted by Gasteiger charge is -2.20. The topological polar surface area (TPSA) is 0 Å². The Morgan fingerprint density at radius 1 is 0.200 bits per heavy atom. The molecule has 0 saturated heterocycles. The Labute approximate surface area is 292 Å². The van der Waals surface area contributed by atoms with Crippen molar-refractivity contribution in [2.24, 2.45) is 0 Å². The molecule has 0 amide bonds. The first-order chi connectivity index (χ1) is 24.8. The molecule has 0 aliphatic rings. The van der Waals surface area contributed by atoms with Gasteiger partial charge in [0.2, 0.25) is 0 Å². The van der Waals surface area contributed by atoms with Gasteiger partial charge >= 0.3 is 0 Å². The molecule has 0 nitrogen and oxygen atoms in total. The van der Waals surface area contributed by atoms with Gasteiger partial charge in [0.15, 0.2) is 0 Å². The molecule has 50 heavy (non-hydrogen) atoms. The van der Waals surface area contributed by atoms with Crippen molar-refractivity contribution in [3.63, 3.8) is 0 Å². The average Bonchev–Trinajstić information content (AvgIpc) is 3.19. The monoisotopic (exact) mass is 634 g/mol. The maximum Gasteiger partial charge on any atom is -0.00201 e. The number of hydrogen-bond acceptors (Lipinski definition) is 0. The van der Waals surface area contributed by atoms with Crippen molar-refractivity contribution in [1.29, 1.82) is 0 Å². The van der Waals surface area contributed by atoms with Crippen LogP contribution in [0.3, 0.4) is 0 Å². The molecule has 0 heterocycles. The van der Waals surface area contributed by atoms with E-state index < -0.39 is 0 Å². The summed E-state index contributed by atoms with van der Waals surface area (Å²) >= 11 is 0. The first-order valence-electron chi connectivity index (χ1n) is 17.3. The van der Waals surface area contributed by atoms with Crippen LogP contribution in [0.15, 0.2) is 206 Å². The third-order valence-corrected chi connectivity index (χ3v) is 9.87. The maximum atomic E-state index is 2.37. The van der Waals surface area contributed by atoms with Crippen LogP contribution in [0.2, 0.25) is 0 Å². The van der Waals surface area contributed by atoms with E-state index >= 15 is 0 Å². The Kier molecular flexibility index (Phi) is 7.61. The van der Waals surface area contributed by atoms with Crippen LogP contribution in [0.4, 0.5) is 0 Å². The van der Waals surface area contributed by atoms with Gasteiger partial charge in [0.05, 0.1) is 0 Å². The van der Waals surface area contributed by atoms with Gasteiger partial charge in [-0.1, -0.05) is 188 Å². The van der Waals surface area contributed by atoms with Crippen LogP contribution in [0, 0.1) is 0 Å². The summed E-state index contributed by atoms with van der Waals surface area (Å²) in [4.78, 5) is 0. The molecule has 0 radical (unpaired) electrons. The van der Waals surface area contributed by atoms with E-state index in [0.29, 0.717) is 0 Å². The number of rotatable bonds is 4. The van der Waals surface area contributed by atoms with Gasteiger partial charge in [-0.25, -0.2) is 0 Å². The van der Waals surface area contributed by atoms with Crippen LogP contribution in [0.25, 0.3) is 87.6 Å². The first-order valence-corrected chi connectivity index (χ1v) is 17.3. The summed E-state index contributed by atoms with van der Waals surface area (Å²) < 4.78 is 0. The number of hydrogen-bond donors (Lipinski definition) is 0. The first kappa shape index (κ1) is 29.6. The van der Waals surface area contributed by atoms with E-state index in [2.05, 4.69) is 206 Å². The van der Waals surface area contributed by atoms with Gasteiger partial charge in [0.1, 0.15) is 0 Å². The molecule has 0 atom stereocenters. The summed E-state index contributed by atoms with van der Waals surface area (Å²) in [5, 5.41) is 9.95. The molecule has 0 heteroatoms. The van der Waals surface area contributed by atoms with Crippen LogP contribution < -0.4 is 0 Å². The standard InChI is InChI=1S/C50H34/c1-2-4-12-23-41-37(22-7-3-1)30-31-43-42(41)28-17-29-44(43)50-47-26-15-13-24-45(47)49(46-25-14-16-27-48(46)50)40-33-38(35-18-8-5-9-19-35)32-39(34-40)36-20-10-6-11-21-36/h1-34H. The molecule has 234 valence electrons. The van der Waals surface area contributed by atoms with Gasteiger partial charge in [0.25, 0.3) is 0 Å². The van der Waals surface area contributed by atoms with Gasteiger partial charge in [0, 0.05) is 0 Å². The Hall–Kier alpha value is -6.50. The minimum Gasteiger partial charge on any atom is -0.0623 e. The largest absolute Gasteiger partial charge is 0.0623 e. The minimum atomic E-state index is 1.21. The normalized spacial score (nSPS) is 11.2. The van der Waals surface area contributed by atoms with Crippen LogP contribution in [0.5, 0.6) is 0 Å². The lowest BCUT2D eigenvalue weighted by molar-refractivity contribution is 1.58. The van der Waals surface area contributed by atoms with Crippen LogP contribution in [0.1, 0.15) is 0 Å². The molecule has 0 aliphatic heterocycles. The van der Waals surface area contributed by atoms with Gasteiger partial charge in [-0.15, -0.1) is 0 Å². The maximum absolute atomic E-state index is 2.37. The molecule has 9 aromatic carbocycles. The molecule has 0 N–H and O–H groups in total. The zero-order valence-corrected chi connectivity index (χ0v) is 27.6. The lowest BCUT2D eigenvalue weighted by Crippen LogP contribution is -1.93. The number of benzene rings is 8. The van der Waals surface area contributed by atoms with Gasteiger partial charge in [-0.3, -0.25) is 0 Å². The Balaban J connectivity index is 1.37. The quantitative estimate of drug-likeness (QED) is 0.169. The highest BCUT2D eigenvalue weighted by molar-refractivity contribution is 6.25. The highest BCUT2D eigenvalue weighted by Crippen LogP contribution is 2.47. The second-order valence-corrected chi connectivity index (χ2v) is 12.8. The molecule has 0 unspecified atom stereocenters. The van der Waals surface area contributed by atoms with Crippen molar-refractivity contribution in [1.82, 2.24) is 0 Å². The zero-order chi connectivity index (χ0) is 33.3. The summed E-state index contributed by atoms with van der Waals surface area (Å²) in [6.07, 6.45) is 0. The van der Waals surface area contributed by atoms with E-state index in [4.69, 9.17) is 0 Å². The van der Waals surface area contributed by atoms with Gasteiger partial charge < -0.3 is 0 Å². The van der Waals surface area contributed by atoms with E-state index in [1.807, 2.05) is 0 Å². The van der Waals surface area contributed by atoms with Gasteiger partial charge in [-0.2, -0.15) is 0 Å². The van der Waals surface area contributed by atoms with E-state index in [1.54, 1.807) is 0 Å². The SMILES string of the molecule is c1ccccc2c(ccc1)ccc1c(-c3c4ccccc4c(-c4cc(-c5ccccc5)cc(-c5ccccc5)c4)c4ccccc34)cccc12. The van der Waals surface area contributed by atoms with Crippen molar-refractivity contribution < 1.29 is 0 Å². The van der Waals surface area contributed by atoms with Crippen molar-refractivity contribution in [2.75, 3.05) is 0 Å². The van der Waals surface area contributed by atoms with Gasteiger partial charge in [-0.05, 0) is 106 Å². The summed E-state index contributed by atoms with van der Waals surface area (Å²) in [6, 6.07) is 74.9. The highest BCUT2D eigenvalue weighted by Gasteiger charge is 2.19. The Bertz CT molecular complexity index is 2620. The van der Waals surface area contributed by atoms with Crippen molar-refractivity contribution in [3.05, 3.63) is 206 Å². The van der Waals surface area contributed by atoms with E-state index in [0.717, 1.165) is 0 Å². The molecule has 0 bridgehead atoms. The molecular weight excluding hydrogens is 601 g/mol. The third-order valence-electron chi connectivity index (χ3n) is 9.87. The molecule has 9 rings (SSSR count). The molecule has 0 aliphatic carbocycles. The number of fused-ring (bicyclic) bond motifs is 5. The van der Waals surface area contributed by atoms with Crippen molar-refractivity contribution >= 4 is 43.1 Å². The fourth-order valence-corrected chi connectivity index (χ4v) is 7.61. The molecular formula is C50H34. The predicted molar refractivity (Wildman–Crippen MR) is 216 cm³/mol. The van der Waals surface area contributed by atoms with Crippen molar-refractivity contribution in [2.45, 2.75) is 0 Å². The summed E-state index contributed by atoms with van der Waals surface area (Å²) in [7, 11) is 0. The highest BCUT2D eigenvalue weighted by atomic mass is 14.2. The second kappa shape index (κ2) is 12.8. The van der Waals surface area contributed by atoms with E-state index in [9.17, 15) is 0 Å². The molecule has 0 aromatic heterocycles. The fourth-order valence-electron chi connectivity index (χ4n) is 7.61.